The molecule has 0 unspecified atom stereocenters. The van der Waals surface area contributed by atoms with Crippen molar-refractivity contribution in [1.82, 2.24) is 0 Å². The van der Waals surface area contributed by atoms with E-state index in [1.807, 2.05) is 0 Å². The molecule has 0 aliphatic heterocycles. The Morgan fingerprint density at radius 1 is 1.14 bits per heavy atom. The van der Waals surface area contributed by atoms with Crippen molar-refractivity contribution in [2.45, 2.75) is 0 Å². The van der Waals surface area contributed by atoms with Crippen molar-refractivity contribution in [3.8, 4) is 0 Å². The van der Waals surface area contributed by atoms with E-state index in [-0.39, 0.29) is 0 Å². The van der Waals surface area contributed by atoms with Gasteiger partial charge in [-0.05, 0) is 0 Å². The van der Waals surface area contributed by atoms with Gasteiger partial charge in [-0.1, -0.05) is 0 Å². The maximum Gasteiger partial charge on any atom is 0.410 e. The van der Waals surface area contributed by atoms with Crippen LogP contribution in [0.25, 0.3) is 0 Å². The second-order valence-corrected chi connectivity index (χ2v) is 1.94. The summed E-state index contributed by atoms with van der Waals surface area (Å²) in [6.07, 6.45) is -0.582. The Labute approximate surface area is 79.4 Å². The third-order valence-corrected chi connectivity index (χ3v) is 1.05. The highest BCUT2D eigenvalue weighted by molar-refractivity contribution is 5.96. The lowest BCUT2D eigenvalue weighted by Gasteiger charge is -2.03. The number of primary amides is 1. The molecule has 78 valence electrons. The SMILES string of the molecule is COC(=O)C=C(OC(N)=O)C(=O)OC. The molecule has 0 aromatic rings. The quantitative estimate of drug-likeness (QED) is 0.282. The molecule has 0 radical (unpaired) electrons. The van der Waals surface area contributed by atoms with Crippen molar-refractivity contribution in [2.24, 2.45) is 5.73 Å². The van der Waals surface area contributed by atoms with Gasteiger partial charge >= 0.3 is 18.0 Å². The average molecular weight is 203 g/mol. The van der Waals surface area contributed by atoms with Crippen LogP contribution >= 0.6 is 0 Å². The largest absolute Gasteiger partial charge is 0.466 e. The summed E-state index contributed by atoms with van der Waals surface area (Å²) in [7, 11) is 2.15. The number of hydrogen-bond acceptors (Lipinski definition) is 6. The number of carbonyl (C=O) groups excluding carboxylic acids is 3. The lowest BCUT2D eigenvalue weighted by atomic mass is 10.4. The molecule has 0 aliphatic carbocycles. The van der Waals surface area contributed by atoms with Crippen LogP contribution in [0.15, 0.2) is 11.8 Å². The normalized spacial score (nSPS) is 10.3. The maximum absolute atomic E-state index is 10.9. The molecule has 14 heavy (non-hydrogen) atoms. The number of methoxy groups -OCH3 is 2. The fourth-order valence-corrected chi connectivity index (χ4v) is 0.505. The highest BCUT2D eigenvalue weighted by Gasteiger charge is 2.16. The second kappa shape index (κ2) is 5.57. The number of ether oxygens (including phenoxy) is 3. The molecule has 0 saturated carbocycles. The summed E-state index contributed by atoms with van der Waals surface area (Å²) in [5.74, 6) is -2.51. The number of esters is 2. The Morgan fingerprint density at radius 2 is 1.71 bits per heavy atom. The van der Waals surface area contributed by atoms with E-state index >= 15 is 0 Å². The predicted octanol–water partition coefficient (Wildman–Crippen LogP) is -0.688. The Balaban J connectivity index is 4.71. The van der Waals surface area contributed by atoms with Crippen LogP contribution in [0.3, 0.4) is 0 Å². The van der Waals surface area contributed by atoms with Crippen LogP contribution in [0.5, 0.6) is 0 Å². The van der Waals surface area contributed by atoms with E-state index in [1.165, 1.54) is 0 Å². The number of hydrogen-bond donors (Lipinski definition) is 1. The zero-order chi connectivity index (χ0) is 11.1. The lowest BCUT2D eigenvalue weighted by Crippen LogP contribution is -2.19. The van der Waals surface area contributed by atoms with Crippen molar-refractivity contribution in [2.75, 3.05) is 14.2 Å². The molecule has 7 nitrogen and oxygen atoms in total. The molecule has 0 saturated heterocycles. The van der Waals surface area contributed by atoms with Gasteiger partial charge in [0, 0.05) is 0 Å². The number of nitrogens with two attached hydrogens (primary N) is 1. The minimum atomic E-state index is -1.23. The van der Waals surface area contributed by atoms with E-state index in [4.69, 9.17) is 0 Å². The first-order valence-corrected chi connectivity index (χ1v) is 3.36. The summed E-state index contributed by atoms with van der Waals surface area (Å²) in [5, 5.41) is 0. The fourth-order valence-electron chi connectivity index (χ4n) is 0.505. The molecule has 0 bridgehead atoms. The van der Waals surface area contributed by atoms with Gasteiger partial charge in [-0.25, -0.2) is 14.4 Å². The molecule has 7 heteroatoms. The molecular formula is C7H9NO6. The van der Waals surface area contributed by atoms with Crippen molar-refractivity contribution in [3.63, 3.8) is 0 Å². The summed E-state index contributed by atoms with van der Waals surface area (Å²) >= 11 is 0. The Hall–Kier alpha value is -2.05. The Bertz CT molecular complexity index is 282. The molecule has 2 N–H and O–H groups in total. The summed E-state index contributed by atoms with van der Waals surface area (Å²) in [6.45, 7) is 0. The van der Waals surface area contributed by atoms with E-state index in [0.717, 1.165) is 14.2 Å². The summed E-state index contributed by atoms with van der Waals surface area (Å²) in [5.41, 5.74) is 4.64. The topological polar surface area (TPSA) is 105 Å². The molecule has 0 aliphatic rings. The fraction of sp³-hybridized carbons (Fsp3) is 0.286. The van der Waals surface area contributed by atoms with Gasteiger partial charge < -0.3 is 19.9 Å². The van der Waals surface area contributed by atoms with Gasteiger partial charge in [0.05, 0.1) is 20.3 Å². The van der Waals surface area contributed by atoms with Crippen molar-refractivity contribution >= 4 is 18.0 Å². The molecule has 0 spiro atoms. The smallest absolute Gasteiger partial charge is 0.410 e. The van der Waals surface area contributed by atoms with Crippen molar-refractivity contribution < 1.29 is 28.6 Å². The van der Waals surface area contributed by atoms with E-state index in [0.29, 0.717) is 6.08 Å². The van der Waals surface area contributed by atoms with Crippen LogP contribution in [-0.2, 0) is 23.8 Å². The molecule has 0 aromatic carbocycles. The first-order valence-electron chi connectivity index (χ1n) is 3.36. The van der Waals surface area contributed by atoms with Gasteiger partial charge in [0.15, 0.2) is 0 Å². The van der Waals surface area contributed by atoms with Gasteiger partial charge in [-0.2, -0.15) is 0 Å². The van der Waals surface area contributed by atoms with E-state index < -0.39 is 23.8 Å². The predicted molar refractivity (Wildman–Crippen MR) is 42.8 cm³/mol. The first-order chi connectivity index (χ1) is 6.51. The third-order valence-electron chi connectivity index (χ3n) is 1.05. The van der Waals surface area contributed by atoms with Crippen LogP contribution in [0, 0.1) is 0 Å². The lowest BCUT2D eigenvalue weighted by molar-refractivity contribution is -0.141. The highest BCUT2D eigenvalue weighted by atomic mass is 16.6. The zero-order valence-electron chi connectivity index (χ0n) is 7.60. The minimum absolute atomic E-state index is 0.633. The average Bonchev–Trinajstić information content (AvgIpc) is 2.14. The summed E-state index contributed by atoms with van der Waals surface area (Å²) in [4.78, 5) is 31.9. The monoisotopic (exact) mass is 203 g/mol. The van der Waals surface area contributed by atoms with E-state index in [2.05, 4.69) is 19.9 Å². The van der Waals surface area contributed by atoms with Gasteiger partial charge in [0.2, 0.25) is 5.76 Å². The molecule has 0 atom stereocenters. The Kier molecular flexibility index (Phi) is 4.76. The van der Waals surface area contributed by atoms with Crippen molar-refractivity contribution in [3.05, 3.63) is 11.8 Å². The van der Waals surface area contributed by atoms with Crippen LogP contribution < -0.4 is 5.73 Å². The molecular weight excluding hydrogens is 194 g/mol. The van der Waals surface area contributed by atoms with Gasteiger partial charge in [0.1, 0.15) is 0 Å². The molecule has 0 fully saturated rings. The van der Waals surface area contributed by atoms with Gasteiger partial charge in [0.25, 0.3) is 0 Å². The first kappa shape index (κ1) is 11.9. The van der Waals surface area contributed by atoms with Crippen molar-refractivity contribution in [1.29, 1.82) is 0 Å². The van der Waals surface area contributed by atoms with Crippen LogP contribution in [0.4, 0.5) is 4.79 Å². The standard InChI is InChI=1S/C7H9NO6/c1-12-5(9)3-4(6(10)13-2)14-7(8)11/h3H,1-2H3,(H2,8,11). The number of amides is 1. The van der Waals surface area contributed by atoms with E-state index in [1.54, 1.807) is 0 Å². The molecule has 0 aromatic heterocycles. The summed E-state index contributed by atoms with van der Waals surface area (Å²) in [6, 6.07) is 0. The minimum Gasteiger partial charge on any atom is -0.466 e. The van der Waals surface area contributed by atoms with Crippen LogP contribution in [-0.4, -0.2) is 32.3 Å². The van der Waals surface area contributed by atoms with Gasteiger partial charge in [-0.15, -0.1) is 0 Å². The zero-order valence-corrected chi connectivity index (χ0v) is 7.60. The molecule has 0 heterocycles. The molecule has 0 rings (SSSR count). The van der Waals surface area contributed by atoms with Gasteiger partial charge in [-0.3, -0.25) is 0 Å². The Morgan fingerprint density at radius 3 is 2.07 bits per heavy atom. The number of rotatable bonds is 3. The second-order valence-electron chi connectivity index (χ2n) is 1.94. The number of carbonyl (C=O) groups is 3. The highest BCUT2D eigenvalue weighted by Crippen LogP contribution is 2.00. The maximum atomic E-state index is 10.9. The van der Waals surface area contributed by atoms with Crippen LogP contribution in [0.1, 0.15) is 0 Å². The third kappa shape index (κ3) is 4.10. The molecule has 1 amide bonds. The van der Waals surface area contributed by atoms with E-state index in [9.17, 15) is 14.4 Å². The summed E-state index contributed by atoms with van der Waals surface area (Å²) < 4.78 is 12.6. The van der Waals surface area contributed by atoms with Crippen LogP contribution in [0.2, 0.25) is 0 Å².